The number of ether oxygens (including phenoxy) is 1. The van der Waals surface area contributed by atoms with Crippen molar-refractivity contribution in [3.05, 3.63) is 29.8 Å². The normalized spacial score (nSPS) is 26.4. The Kier molecular flexibility index (Phi) is 3.61. The Hall–Kier alpha value is -1.62. The van der Waals surface area contributed by atoms with E-state index in [9.17, 15) is 8.42 Å². The quantitative estimate of drug-likeness (QED) is 0.746. The molecule has 0 radical (unpaired) electrons. The van der Waals surface area contributed by atoms with Gasteiger partial charge in [-0.1, -0.05) is 17.7 Å². The molecule has 21 heavy (non-hydrogen) atoms. The van der Waals surface area contributed by atoms with Crippen LogP contribution >= 0.6 is 0 Å². The van der Waals surface area contributed by atoms with Gasteiger partial charge < -0.3 is 9.64 Å². The van der Waals surface area contributed by atoms with Crippen LogP contribution in [0.5, 0.6) is 0 Å². The maximum absolute atomic E-state index is 12.8. The van der Waals surface area contributed by atoms with Crippen molar-refractivity contribution in [2.75, 3.05) is 26.2 Å². The summed E-state index contributed by atoms with van der Waals surface area (Å²) in [4.78, 5) is 1.85. The highest BCUT2D eigenvalue weighted by atomic mass is 32.2. The maximum Gasteiger partial charge on any atom is 0.243 e. The Balaban J connectivity index is 1.91. The fourth-order valence-corrected chi connectivity index (χ4v) is 4.51. The van der Waals surface area contributed by atoms with Crippen LogP contribution in [0.1, 0.15) is 5.56 Å². The highest BCUT2D eigenvalue weighted by Gasteiger charge is 2.45. The number of likely N-dealkylation sites (tertiary alicyclic amines) is 1. The number of hydrogen-bond donors (Lipinski definition) is 0. The molecule has 2 aliphatic heterocycles. The Morgan fingerprint density at radius 3 is 2.67 bits per heavy atom. The third-order valence-electron chi connectivity index (χ3n) is 4.02. The number of rotatable bonds is 2. The lowest BCUT2D eigenvalue weighted by molar-refractivity contribution is -0.0156. The van der Waals surface area contributed by atoms with Crippen LogP contribution in [0.3, 0.4) is 0 Å². The van der Waals surface area contributed by atoms with Crippen molar-refractivity contribution in [3.63, 3.8) is 0 Å². The third kappa shape index (κ3) is 2.50. The smallest absolute Gasteiger partial charge is 0.243 e. The van der Waals surface area contributed by atoms with E-state index in [-0.39, 0.29) is 12.1 Å². The van der Waals surface area contributed by atoms with Gasteiger partial charge in [0, 0.05) is 13.1 Å². The molecule has 3 rings (SSSR count). The second-order valence-corrected chi connectivity index (χ2v) is 7.30. The number of hydrogen-bond acceptors (Lipinski definition) is 5. The minimum absolute atomic E-state index is 0.223. The van der Waals surface area contributed by atoms with Gasteiger partial charge in [0.05, 0.1) is 30.2 Å². The predicted molar refractivity (Wildman–Crippen MR) is 75.8 cm³/mol. The molecule has 1 aromatic rings. The summed E-state index contributed by atoms with van der Waals surface area (Å²) < 4.78 is 32.7. The molecule has 2 atom stereocenters. The molecule has 0 bridgehead atoms. The van der Waals surface area contributed by atoms with E-state index in [0.717, 1.165) is 5.56 Å². The minimum Gasteiger partial charge on any atom is -0.373 e. The average Bonchev–Trinajstić information content (AvgIpc) is 2.90. The molecule has 2 aliphatic rings. The summed E-state index contributed by atoms with van der Waals surface area (Å²) in [6.07, 6.45) is 1.85. The molecule has 0 unspecified atom stereocenters. The zero-order chi connectivity index (χ0) is 15.0. The summed E-state index contributed by atoms with van der Waals surface area (Å²) in [5, 5.41) is 9.00. The zero-order valence-corrected chi connectivity index (χ0v) is 12.6. The van der Waals surface area contributed by atoms with Crippen LogP contribution in [0.25, 0.3) is 0 Å². The molecule has 0 aromatic heterocycles. The molecule has 2 saturated heterocycles. The van der Waals surface area contributed by atoms with Crippen LogP contribution in [0.2, 0.25) is 0 Å². The van der Waals surface area contributed by atoms with E-state index in [1.807, 2.05) is 6.92 Å². The zero-order valence-electron chi connectivity index (χ0n) is 11.8. The van der Waals surface area contributed by atoms with Crippen molar-refractivity contribution >= 4 is 10.0 Å². The van der Waals surface area contributed by atoms with E-state index in [1.54, 1.807) is 29.2 Å². The number of nitrogens with zero attached hydrogens (tertiary/aromatic N) is 3. The molecule has 0 amide bonds. The van der Waals surface area contributed by atoms with Gasteiger partial charge in [0.15, 0.2) is 6.19 Å². The summed E-state index contributed by atoms with van der Waals surface area (Å²) >= 11 is 0. The minimum atomic E-state index is -3.55. The molecule has 2 heterocycles. The van der Waals surface area contributed by atoms with E-state index in [2.05, 4.69) is 6.19 Å². The Morgan fingerprint density at radius 1 is 1.29 bits per heavy atom. The van der Waals surface area contributed by atoms with Gasteiger partial charge in [-0.05, 0) is 19.1 Å². The molecular formula is C14H17N3O3S. The number of aryl methyl sites for hydroxylation is 1. The molecule has 0 saturated carbocycles. The molecule has 112 valence electrons. The van der Waals surface area contributed by atoms with Crippen LogP contribution in [0, 0.1) is 18.4 Å². The van der Waals surface area contributed by atoms with Gasteiger partial charge in [0.2, 0.25) is 10.0 Å². The summed E-state index contributed by atoms with van der Waals surface area (Å²) in [6.45, 7) is 3.47. The van der Waals surface area contributed by atoms with Crippen LogP contribution in [0.15, 0.2) is 29.2 Å². The first kappa shape index (κ1) is 14.3. The summed E-state index contributed by atoms with van der Waals surface area (Å²) in [7, 11) is -3.55. The third-order valence-corrected chi connectivity index (χ3v) is 5.96. The highest BCUT2D eigenvalue weighted by molar-refractivity contribution is 7.89. The largest absolute Gasteiger partial charge is 0.373 e. The molecule has 2 fully saturated rings. The van der Waals surface area contributed by atoms with E-state index < -0.39 is 10.0 Å². The molecule has 1 aromatic carbocycles. The topological polar surface area (TPSA) is 73.6 Å². The number of fused-ring (bicyclic) bond motifs is 1. The van der Waals surface area contributed by atoms with Crippen molar-refractivity contribution in [2.45, 2.75) is 24.0 Å². The fourth-order valence-electron chi connectivity index (χ4n) is 2.88. The first-order valence-electron chi connectivity index (χ1n) is 6.87. The summed E-state index contributed by atoms with van der Waals surface area (Å²) in [5.74, 6) is 0. The summed E-state index contributed by atoms with van der Waals surface area (Å²) in [5.41, 5.74) is 1.02. The van der Waals surface area contributed by atoms with Gasteiger partial charge in [0.1, 0.15) is 0 Å². The van der Waals surface area contributed by atoms with Crippen LogP contribution < -0.4 is 0 Å². The monoisotopic (exact) mass is 307 g/mol. The fraction of sp³-hybridized carbons (Fsp3) is 0.500. The van der Waals surface area contributed by atoms with Gasteiger partial charge in [-0.3, -0.25) is 0 Å². The molecule has 7 heteroatoms. The van der Waals surface area contributed by atoms with Crippen molar-refractivity contribution < 1.29 is 13.2 Å². The van der Waals surface area contributed by atoms with Crippen LogP contribution in [-0.4, -0.2) is 56.0 Å². The number of nitriles is 1. The first-order valence-corrected chi connectivity index (χ1v) is 8.31. The number of morpholine rings is 1. The molecular weight excluding hydrogens is 290 g/mol. The molecule has 0 spiro atoms. The number of benzene rings is 1. The van der Waals surface area contributed by atoms with Gasteiger partial charge in [-0.25, -0.2) is 8.42 Å². The standard InChI is InChI=1S/C14H17N3O3S/c1-11-2-4-12(5-3-11)21(18,19)17-6-7-20-14-9-16(10-15)8-13(14)17/h2-5,13-14H,6-9H2,1H3/t13-,14-/m1/s1. The van der Waals surface area contributed by atoms with Crippen molar-refractivity contribution in [2.24, 2.45) is 0 Å². The second kappa shape index (κ2) is 5.30. The van der Waals surface area contributed by atoms with E-state index in [4.69, 9.17) is 10.00 Å². The van der Waals surface area contributed by atoms with Gasteiger partial charge in [-0.2, -0.15) is 9.57 Å². The Labute approximate surface area is 124 Å². The molecule has 0 aliphatic carbocycles. The van der Waals surface area contributed by atoms with Gasteiger partial charge in [-0.15, -0.1) is 0 Å². The lowest BCUT2D eigenvalue weighted by atomic mass is 10.2. The van der Waals surface area contributed by atoms with Crippen molar-refractivity contribution in [1.82, 2.24) is 9.21 Å². The van der Waals surface area contributed by atoms with Crippen LogP contribution in [0.4, 0.5) is 0 Å². The predicted octanol–water partition coefficient (Wildman–Crippen LogP) is 0.550. The lowest BCUT2D eigenvalue weighted by Gasteiger charge is -2.35. The average molecular weight is 307 g/mol. The lowest BCUT2D eigenvalue weighted by Crippen LogP contribution is -2.53. The highest BCUT2D eigenvalue weighted by Crippen LogP contribution is 2.28. The SMILES string of the molecule is Cc1ccc(S(=O)(=O)N2CCO[C@@H]3CN(C#N)C[C@H]32)cc1. The maximum atomic E-state index is 12.8. The van der Waals surface area contributed by atoms with E-state index in [0.29, 0.717) is 31.1 Å². The van der Waals surface area contributed by atoms with Crippen molar-refractivity contribution in [3.8, 4) is 6.19 Å². The van der Waals surface area contributed by atoms with E-state index in [1.165, 1.54) is 4.31 Å². The van der Waals surface area contributed by atoms with Gasteiger partial charge >= 0.3 is 0 Å². The summed E-state index contributed by atoms with van der Waals surface area (Å²) in [6, 6.07) is 6.56. The molecule has 6 nitrogen and oxygen atoms in total. The van der Waals surface area contributed by atoms with Gasteiger partial charge in [0.25, 0.3) is 0 Å². The second-order valence-electron chi connectivity index (χ2n) is 5.41. The number of sulfonamides is 1. The Morgan fingerprint density at radius 2 is 2.00 bits per heavy atom. The first-order chi connectivity index (χ1) is 10.0. The van der Waals surface area contributed by atoms with Crippen LogP contribution in [-0.2, 0) is 14.8 Å². The van der Waals surface area contributed by atoms with E-state index >= 15 is 0 Å². The molecule has 0 N–H and O–H groups in total. The Bertz CT molecular complexity index is 666. The van der Waals surface area contributed by atoms with Crippen molar-refractivity contribution in [1.29, 1.82) is 5.26 Å².